The van der Waals surface area contributed by atoms with Gasteiger partial charge in [0, 0.05) is 11.8 Å². The molecule has 0 spiro atoms. The third kappa shape index (κ3) is 4.80. The highest BCUT2D eigenvalue weighted by molar-refractivity contribution is 7.99. The van der Waals surface area contributed by atoms with Crippen molar-refractivity contribution < 1.29 is 8.78 Å². The quantitative estimate of drug-likeness (QED) is 0.735. The molecule has 0 saturated carbocycles. The fourth-order valence-electron chi connectivity index (χ4n) is 1.00. The van der Waals surface area contributed by atoms with E-state index < -0.39 is 5.92 Å². The maximum absolute atomic E-state index is 12.5. The molecule has 0 unspecified atom stereocenters. The number of rotatable bonds is 4. The second-order valence-corrected chi connectivity index (χ2v) is 4.39. The normalized spacial score (nSPS) is 11.1. The van der Waals surface area contributed by atoms with Gasteiger partial charge in [0.25, 0.3) is 5.92 Å². The van der Waals surface area contributed by atoms with Crippen molar-refractivity contribution in [2.75, 3.05) is 5.75 Å². The van der Waals surface area contributed by atoms with Gasteiger partial charge in [-0.3, -0.25) is 0 Å². The van der Waals surface area contributed by atoms with Gasteiger partial charge in [0.05, 0.1) is 18.2 Å². The molecule has 0 aromatic heterocycles. The van der Waals surface area contributed by atoms with Crippen molar-refractivity contribution in [3.63, 3.8) is 0 Å². The summed E-state index contributed by atoms with van der Waals surface area (Å²) in [4.78, 5) is 0.804. The Morgan fingerprint density at radius 1 is 1.33 bits per heavy atom. The highest BCUT2D eigenvalue weighted by Gasteiger charge is 2.20. The lowest BCUT2D eigenvalue weighted by atomic mass is 10.2. The van der Waals surface area contributed by atoms with Crippen LogP contribution in [0.25, 0.3) is 0 Å². The molecule has 0 N–H and O–H groups in total. The van der Waals surface area contributed by atoms with Crippen LogP contribution in [0, 0.1) is 11.3 Å². The second-order valence-electron chi connectivity index (χ2n) is 3.34. The summed E-state index contributed by atoms with van der Waals surface area (Å²) in [5.74, 6) is -2.86. The number of alkyl halides is 2. The van der Waals surface area contributed by atoms with Crippen LogP contribution < -0.4 is 0 Å². The Morgan fingerprint density at radius 3 is 2.40 bits per heavy atom. The summed E-state index contributed by atoms with van der Waals surface area (Å²) in [5.41, 5.74) is 0.908. The highest BCUT2D eigenvalue weighted by Crippen LogP contribution is 2.25. The summed E-state index contributed by atoms with van der Waals surface area (Å²) in [6.45, 7) is 0.907. The van der Waals surface area contributed by atoms with Crippen molar-refractivity contribution >= 4 is 11.8 Å². The number of nitriles is 1. The topological polar surface area (TPSA) is 23.8 Å². The van der Waals surface area contributed by atoms with Crippen LogP contribution >= 0.6 is 11.8 Å². The average Bonchev–Trinajstić information content (AvgIpc) is 2.16. The molecular weight excluding hydrogens is 216 g/mol. The summed E-state index contributed by atoms with van der Waals surface area (Å²) in [7, 11) is 0. The molecular formula is C11H11F2NS. The van der Waals surface area contributed by atoms with E-state index in [1.807, 2.05) is 6.07 Å². The van der Waals surface area contributed by atoms with E-state index in [2.05, 4.69) is 0 Å². The minimum atomic E-state index is -2.64. The minimum Gasteiger partial charge on any atom is -0.206 e. The van der Waals surface area contributed by atoms with Crippen LogP contribution in [-0.2, 0) is 6.42 Å². The van der Waals surface area contributed by atoms with Crippen LogP contribution in [0.15, 0.2) is 29.2 Å². The molecule has 1 aromatic carbocycles. The van der Waals surface area contributed by atoms with E-state index in [0.29, 0.717) is 6.42 Å². The van der Waals surface area contributed by atoms with Gasteiger partial charge in [0.1, 0.15) is 0 Å². The fourth-order valence-corrected chi connectivity index (χ4v) is 1.75. The fraction of sp³-hybridized carbons (Fsp3) is 0.364. The smallest absolute Gasteiger partial charge is 0.206 e. The molecule has 15 heavy (non-hydrogen) atoms. The summed E-state index contributed by atoms with van der Waals surface area (Å²) >= 11 is 1.12. The van der Waals surface area contributed by atoms with Crippen molar-refractivity contribution in [1.82, 2.24) is 0 Å². The van der Waals surface area contributed by atoms with E-state index >= 15 is 0 Å². The molecule has 0 heterocycles. The Morgan fingerprint density at radius 2 is 1.93 bits per heavy atom. The third-order valence-corrected chi connectivity index (χ3v) is 2.96. The number of hydrogen-bond acceptors (Lipinski definition) is 2. The summed E-state index contributed by atoms with van der Waals surface area (Å²) in [6, 6.07) is 9.15. The zero-order valence-corrected chi connectivity index (χ0v) is 9.15. The summed E-state index contributed by atoms with van der Waals surface area (Å²) < 4.78 is 25.1. The molecule has 0 amide bonds. The molecule has 0 atom stereocenters. The predicted octanol–water partition coefficient (Wildman–Crippen LogP) is 3.50. The first-order chi connectivity index (χ1) is 7.01. The first-order valence-electron chi connectivity index (χ1n) is 4.48. The Bertz CT molecular complexity index is 348. The molecule has 0 aliphatic carbocycles. The van der Waals surface area contributed by atoms with Gasteiger partial charge in [-0.05, 0) is 17.7 Å². The Kier molecular flexibility index (Phi) is 4.10. The van der Waals surface area contributed by atoms with E-state index in [9.17, 15) is 8.78 Å². The molecule has 1 rings (SSSR count). The number of thioether (sulfide) groups is 1. The zero-order valence-electron chi connectivity index (χ0n) is 8.34. The van der Waals surface area contributed by atoms with Crippen LogP contribution in [0.3, 0.4) is 0 Å². The highest BCUT2D eigenvalue weighted by atomic mass is 32.2. The van der Waals surface area contributed by atoms with Gasteiger partial charge >= 0.3 is 0 Å². The summed E-state index contributed by atoms with van der Waals surface area (Å²) in [6.07, 6.45) is 0.356. The van der Waals surface area contributed by atoms with E-state index in [-0.39, 0.29) is 5.75 Å². The van der Waals surface area contributed by atoms with Gasteiger partial charge in [0.2, 0.25) is 0 Å². The molecule has 0 aliphatic heterocycles. The van der Waals surface area contributed by atoms with Crippen LogP contribution in [0.5, 0.6) is 0 Å². The van der Waals surface area contributed by atoms with Crippen LogP contribution in [0.2, 0.25) is 0 Å². The van der Waals surface area contributed by atoms with Gasteiger partial charge in [-0.25, -0.2) is 8.78 Å². The monoisotopic (exact) mass is 227 g/mol. The van der Waals surface area contributed by atoms with Crippen molar-refractivity contribution in [2.24, 2.45) is 0 Å². The van der Waals surface area contributed by atoms with Gasteiger partial charge in [-0.1, -0.05) is 12.1 Å². The first kappa shape index (κ1) is 12.0. The van der Waals surface area contributed by atoms with E-state index in [1.54, 1.807) is 24.3 Å². The summed E-state index contributed by atoms with van der Waals surface area (Å²) in [5, 5.41) is 8.44. The van der Waals surface area contributed by atoms with Crippen molar-refractivity contribution in [3.8, 4) is 6.07 Å². The Hall–Kier alpha value is -1.08. The SMILES string of the molecule is CC(F)(F)CSc1ccc(CC#N)cc1. The molecule has 80 valence electrons. The molecule has 0 bridgehead atoms. The predicted molar refractivity (Wildman–Crippen MR) is 57.1 cm³/mol. The lowest BCUT2D eigenvalue weighted by molar-refractivity contribution is 0.0492. The average molecular weight is 227 g/mol. The molecule has 1 nitrogen and oxygen atoms in total. The van der Waals surface area contributed by atoms with E-state index in [1.165, 1.54) is 0 Å². The van der Waals surface area contributed by atoms with Crippen LogP contribution in [0.1, 0.15) is 12.5 Å². The van der Waals surface area contributed by atoms with Crippen LogP contribution in [0.4, 0.5) is 8.78 Å². The van der Waals surface area contributed by atoms with Crippen molar-refractivity contribution in [1.29, 1.82) is 5.26 Å². The second kappa shape index (κ2) is 5.13. The lowest BCUT2D eigenvalue weighted by Gasteiger charge is -2.09. The molecule has 0 saturated heterocycles. The number of hydrogen-bond donors (Lipinski definition) is 0. The molecule has 0 fully saturated rings. The van der Waals surface area contributed by atoms with E-state index in [0.717, 1.165) is 29.1 Å². The molecule has 4 heteroatoms. The number of nitrogens with zero attached hydrogens (tertiary/aromatic N) is 1. The Labute approximate surface area is 92.1 Å². The minimum absolute atomic E-state index is 0.218. The largest absolute Gasteiger partial charge is 0.254 e. The number of benzene rings is 1. The standard InChI is InChI=1S/C11H11F2NS/c1-11(12,13)8-15-10-4-2-9(3-5-10)6-7-14/h2-5H,6,8H2,1H3. The van der Waals surface area contributed by atoms with Crippen molar-refractivity contribution in [3.05, 3.63) is 29.8 Å². The molecule has 0 aliphatic rings. The third-order valence-electron chi connectivity index (χ3n) is 1.70. The van der Waals surface area contributed by atoms with Gasteiger partial charge in [-0.2, -0.15) is 5.26 Å². The first-order valence-corrected chi connectivity index (χ1v) is 5.46. The van der Waals surface area contributed by atoms with Gasteiger partial charge in [-0.15, -0.1) is 11.8 Å². The van der Waals surface area contributed by atoms with Crippen LogP contribution in [-0.4, -0.2) is 11.7 Å². The van der Waals surface area contributed by atoms with Gasteiger partial charge in [0.15, 0.2) is 0 Å². The number of halogens is 2. The van der Waals surface area contributed by atoms with Crippen molar-refractivity contribution in [2.45, 2.75) is 24.2 Å². The van der Waals surface area contributed by atoms with E-state index in [4.69, 9.17) is 5.26 Å². The molecule has 1 aromatic rings. The maximum Gasteiger partial charge on any atom is 0.254 e. The lowest BCUT2D eigenvalue weighted by Crippen LogP contribution is -2.12. The molecule has 0 radical (unpaired) electrons. The van der Waals surface area contributed by atoms with Gasteiger partial charge < -0.3 is 0 Å². The maximum atomic E-state index is 12.5. The zero-order chi connectivity index (χ0) is 11.3. The Balaban J connectivity index is 2.54.